The van der Waals surface area contributed by atoms with Gasteiger partial charge in [-0.25, -0.2) is 0 Å². The molecule has 0 bridgehead atoms. The van der Waals surface area contributed by atoms with E-state index in [0.717, 1.165) is 29.4 Å². The van der Waals surface area contributed by atoms with E-state index in [2.05, 4.69) is 57.5 Å². The van der Waals surface area contributed by atoms with Crippen LogP contribution in [0.4, 0.5) is 0 Å². The Morgan fingerprint density at radius 3 is 2.53 bits per heavy atom. The molecule has 2 nitrogen and oxygen atoms in total. The minimum Gasteiger partial charge on any atom is -0.334 e. The molecule has 3 heteroatoms. The molecule has 0 aliphatic heterocycles. The van der Waals surface area contributed by atoms with E-state index in [1.54, 1.807) is 0 Å². The Balaban J connectivity index is 2.08. The van der Waals surface area contributed by atoms with Crippen molar-refractivity contribution in [3.05, 3.63) is 69.4 Å². The summed E-state index contributed by atoms with van der Waals surface area (Å²) in [5.74, 6) is 0. The molecule has 3 aromatic rings. The molecule has 2 aromatic carbocycles. The van der Waals surface area contributed by atoms with Crippen molar-refractivity contribution in [2.45, 2.75) is 6.54 Å². The second-order valence-corrected chi connectivity index (χ2v) is 5.70. The number of hydrogen-bond donors (Lipinski definition) is 0. The fraction of sp³-hybridized carbons (Fsp3) is 0.0625. The molecule has 0 atom stereocenters. The van der Waals surface area contributed by atoms with E-state index in [-0.39, 0.29) is 0 Å². The van der Waals surface area contributed by atoms with E-state index >= 15 is 0 Å². The molecule has 0 fully saturated rings. The minimum absolute atomic E-state index is 0.721. The average Bonchev–Trinajstić information content (AvgIpc) is 2.79. The Hall–Kier alpha value is -1.62. The Bertz CT molecular complexity index is 728. The van der Waals surface area contributed by atoms with Crippen LogP contribution < -0.4 is 0 Å². The molecule has 0 saturated heterocycles. The summed E-state index contributed by atoms with van der Waals surface area (Å²) in [6, 6.07) is 18.4. The SMILES string of the molecule is O=Cc1cc2ccccc2n1Cc1ccc(I)cc1. The Morgan fingerprint density at radius 1 is 1.05 bits per heavy atom. The summed E-state index contributed by atoms with van der Waals surface area (Å²) in [6.45, 7) is 0.721. The van der Waals surface area contributed by atoms with Crippen molar-refractivity contribution in [3.8, 4) is 0 Å². The topological polar surface area (TPSA) is 22.0 Å². The third-order valence-corrected chi connectivity index (χ3v) is 3.94. The van der Waals surface area contributed by atoms with Crippen molar-refractivity contribution in [2.24, 2.45) is 0 Å². The van der Waals surface area contributed by atoms with E-state index in [1.807, 2.05) is 24.3 Å². The first kappa shape index (κ1) is 12.4. The predicted octanol–water partition coefficient (Wildman–Crippen LogP) is 4.11. The lowest BCUT2D eigenvalue weighted by atomic mass is 10.2. The standard InChI is InChI=1S/C16H12INO/c17-14-7-5-12(6-8-14)10-18-15(11-19)9-13-3-1-2-4-16(13)18/h1-9,11H,10H2. The van der Waals surface area contributed by atoms with Gasteiger partial charge in [0.15, 0.2) is 6.29 Å². The van der Waals surface area contributed by atoms with Gasteiger partial charge in [-0.1, -0.05) is 30.3 Å². The van der Waals surface area contributed by atoms with Gasteiger partial charge in [0.2, 0.25) is 0 Å². The highest BCUT2D eigenvalue weighted by Gasteiger charge is 2.07. The first-order chi connectivity index (χ1) is 9.28. The predicted molar refractivity (Wildman–Crippen MR) is 85.6 cm³/mol. The van der Waals surface area contributed by atoms with Crippen LogP contribution in [0.15, 0.2) is 54.6 Å². The molecule has 0 radical (unpaired) electrons. The number of para-hydroxylation sites is 1. The van der Waals surface area contributed by atoms with Crippen LogP contribution in [0.2, 0.25) is 0 Å². The van der Waals surface area contributed by atoms with Gasteiger partial charge < -0.3 is 4.57 Å². The van der Waals surface area contributed by atoms with Gasteiger partial charge in [-0.2, -0.15) is 0 Å². The largest absolute Gasteiger partial charge is 0.334 e. The third-order valence-electron chi connectivity index (χ3n) is 3.22. The molecule has 0 aliphatic carbocycles. The summed E-state index contributed by atoms with van der Waals surface area (Å²) in [4.78, 5) is 11.2. The second kappa shape index (κ2) is 5.17. The highest BCUT2D eigenvalue weighted by atomic mass is 127. The first-order valence-electron chi connectivity index (χ1n) is 6.06. The lowest BCUT2D eigenvalue weighted by Crippen LogP contribution is -2.03. The monoisotopic (exact) mass is 361 g/mol. The van der Waals surface area contributed by atoms with E-state index in [1.165, 1.54) is 9.13 Å². The van der Waals surface area contributed by atoms with E-state index in [4.69, 9.17) is 0 Å². The molecule has 1 aromatic heterocycles. The van der Waals surface area contributed by atoms with Gasteiger partial charge in [0, 0.05) is 21.0 Å². The van der Waals surface area contributed by atoms with Crippen molar-refractivity contribution in [1.82, 2.24) is 4.57 Å². The number of fused-ring (bicyclic) bond motifs is 1. The maximum atomic E-state index is 11.2. The van der Waals surface area contributed by atoms with E-state index in [0.29, 0.717) is 0 Å². The third kappa shape index (κ3) is 2.42. The number of aromatic nitrogens is 1. The first-order valence-corrected chi connectivity index (χ1v) is 7.14. The van der Waals surface area contributed by atoms with E-state index in [9.17, 15) is 4.79 Å². The van der Waals surface area contributed by atoms with Crippen LogP contribution in [0, 0.1) is 3.57 Å². The van der Waals surface area contributed by atoms with Gasteiger partial charge in [-0.05, 0) is 52.4 Å². The quantitative estimate of drug-likeness (QED) is 0.509. The van der Waals surface area contributed by atoms with Crippen LogP contribution in [0.5, 0.6) is 0 Å². The molecule has 1 heterocycles. The fourth-order valence-corrected chi connectivity index (χ4v) is 2.64. The van der Waals surface area contributed by atoms with Crippen molar-refractivity contribution < 1.29 is 4.79 Å². The van der Waals surface area contributed by atoms with Crippen LogP contribution in [0.3, 0.4) is 0 Å². The summed E-state index contributed by atoms with van der Waals surface area (Å²) < 4.78 is 3.28. The van der Waals surface area contributed by atoms with Crippen molar-refractivity contribution in [2.75, 3.05) is 0 Å². The molecule has 94 valence electrons. The number of carbonyl (C=O) groups excluding carboxylic acids is 1. The normalized spacial score (nSPS) is 10.8. The van der Waals surface area contributed by atoms with Crippen molar-refractivity contribution >= 4 is 39.8 Å². The zero-order valence-corrected chi connectivity index (χ0v) is 12.4. The Morgan fingerprint density at radius 2 is 1.79 bits per heavy atom. The van der Waals surface area contributed by atoms with Gasteiger partial charge >= 0.3 is 0 Å². The molecule has 0 N–H and O–H groups in total. The van der Waals surface area contributed by atoms with Gasteiger partial charge in [0.1, 0.15) is 0 Å². The second-order valence-electron chi connectivity index (χ2n) is 4.46. The van der Waals surface area contributed by atoms with Crippen LogP contribution in [0.25, 0.3) is 10.9 Å². The fourth-order valence-electron chi connectivity index (χ4n) is 2.28. The molecule has 0 saturated carbocycles. The summed E-state index contributed by atoms with van der Waals surface area (Å²) in [7, 11) is 0. The number of halogens is 1. The van der Waals surface area contributed by atoms with E-state index < -0.39 is 0 Å². The summed E-state index contributed by atoms with van der Waals surface area (Å²) in [5.41, 5.74) is 3.02. The van der Waals surface area contributed by atoms with Gasteiger partial charge in [-0.15, -0.1) is 0 Å². The van der Waals surface area contributed by atoms with Crippen LogP contribution in [0.1, 0.15) is 16.1 Å². The van der Waals surface area contributed by atoms with Crippen LogP contribution >= 0.6 is 22.6 Å². The molecule has 0 spiro atoms. The molecular formula is C16H12INO. The van der Waals surface area contributed by atoms with Gasteiger partial charge in [-0.3, -0.25) is 4.79 Å². The zero-order valence-electron chi connectivity index (χ0n) is 10.2. The summed E-state index contributed by atoms with van der Waals surface area (Å²) in [6.07, 6.45) is 0.923. The zero-order chi connectivity index (χ0) is 13.2. The van der Waals surface area contributed by atoms with Gasteiger partial charge in [0.05, 0.1) is 5.69 Å². The van der Waals surface area contributed by atoms with Crippen molar-refractivity contribution in [3.63, 3.8) is 0 Å². The maximum Gasteiger partial charge on any atom is 0.166 e. The molecule has 0 aliphatic rings. The maximum absolute atomic E-state index is 11.2. The Labute approximate surface area is 125 Å². The highest BCUT2D eigenvalue weighted by Crippen LogP contribution is 2.20. The molecular weight excluding hydrogens is 349 g/mol. The lowest BCUT2D eigenvalue weighted by Gasteiger charge is -2.08. The van der Waals surface area contributed by atoms with Crippen molar-refractivity contribution in [1.29, 1.82) is 0 Å². The molecule has 19 heavy (non-hydrogen) atoms. The minimum atomic E-state index is 0.721. The summed E-state index contributed by atoms with van der Waals surface area (Å²) >= 11 is 2.29. The number of rotatable bonds is 3. The smallest absolute Gasteiger partial charge is 0.166 e. The molecule has 0 amide bonds. The summed E-state index contributed by atoms with van der Waals surface area (Å²) in [5, 5.41) is 1.11. The van der Waals surface area contributed by atoms with Crippen LogP contribution in [-0.2, 0) is 6.54 Å². The average molecular weight is 361 g/mol. The number of aldehydes is 1. The number of carbonyl (C=O) groups is 1. The number of hydrogen-bond acceptors (Lipinski definition) is 1. The Kier molecular flexibility index (Phi) is 3.38. The van der Waals surface area contributed by atoms with Crippen LogP contribution in [-0.4, -0.2) is 10.9 Å². The molecule has 3 rings (SSSR count). The number of nitrogens with zero attached hydrogens (tertiary/aromatic N) is 1. The van der Waals surface area contributed by atoms with Gasteiger partial charge in [0.25, 0.3) is 0 Å². The highest BCUT2D eigenvalue weighted by molar-refractivity contribution is 14.1. The number of benzene rings is 2. The molecule has 0 unspecified atom stereocenters. The lowest BCUT2D eigenvalue weighted by molar-refractivity contribution is 0.111.